The first-order chi connectivity index (χ1) is 6.38. The van der Waals surface area contributed by atoms with Crippen LogP contribution in [0.15, 0.2) is 30.3 Å². The van der Waals surface area contributed by atoms with Gasteiger partial charge in [-0.25, -0.2) is 0 Å². The van der Waals surface area contributed by atoms with Crippen LogP contribution in [0.2, 0.25) is 0 Å². The summed E-state index contributed by atoms with van der Waals surface area (Å²) in [7, 11) is -0.212. The van der Waals surface area contributed by atoms with Crippen molar-refractivity contribution in [2.45, 2.75) is 13.8 Å². The second-order valence-corrected chi connectivity index (χ2v) is 2.65. The van der Waals surface area contributed by atoms with Gasteiger partial charge in [-0.2, -0.15) is 0 Å². The van der Waals surface area contributed by atoms with Crippen LogP contribution in [0.1, 0.15) is 13.8 Å². The van der Waals surface area contributed by atoms with Crippen LogP contribution < -0.4 is 5.46 Å². The standard InChI is InChI=1S/C10H15BO2/c1-3-12-11(13-4-2)10-8-6-5-7-9-10/h5-9H,3-4H2,1-2H3. The Kier molecular flexibility index (Phi) is 4.58. The highest BCUT2D eigenvalue weighted by Crippen LogP contribution is 1.92. The maximum atomic E-state index is 5.45. The van der Waals surface area contributed by atoms with Crippen molar-refractivity contribution >= 4 is 12.6 Å². The van der Waals surface area contributed by atoms with Crippen molar-refractivity contribution in [2.75, 3.05) is 13.2 Å². The van der Waals surface area contributed by atoms with E-state index < -0.39 is 0 Å². The lowest BCUT2D eigenvalue weighted by atomic mass is 9.79. The van der Waals surface area contributed by atoms with Gasteiger partial charge in [-0.1, -0.05) is 30.3 Å². The summed E-state index contributed by atoms with van der Waals surface area (Å²) < 4.78 is 10.9. The maximum absolute atomic E-state index is 5.45. The van der Waals surface area contributed by atoms with Crippen LogP contribution >= 0.6 is 0 Å². The molecule has 0 amide bonds. The zero-order valence-corrected chi connectivity index (χ0v) is 8.19. The van der Waals surface area contributed by atoms with E-state index in [0.717, 1.165) is 5.46 Å². The lowest BCUT2D eigenvalue weighted by molar-refractivity contribution is 0.225. The van der Waals surface area contributed by atoms with Crippen LogP contribution in [0.3, 0.4) is 0 Å². The molecule has 0 fully saturated rings. The molecule has 3 heteroatoms. The molecular weight excluding hydrogens is 163 g/mol. The Bertz CT molecular complexity index is 220. The maximum Gasteiger partial charge on any atom is 0.493 e. The Morgan fingerprint density at radius 2 is 1.54 bits per heavy atom. The molecule has 0 saturated heterocycles. The lowest BCUT2D eigenvalue weighted by Gasteiger charge is -2.11. The predicted molar refractivity (Wildman–Crippen MR) is 55.1 cm³/mol. The van der Waals surface area contributed by atoms with Crippen LogP contribution in [0, 0.1) is 0 Å². The molecule has 0 heterocycles. The van der Waals surface area contributed by atoms with Gasteiger partial charge in [0.1, 0.15) is 0 Å². The van der Waals surface area contributed by atoms with E-state index in [4.69, 9.17) is 9.31 Å². The van der Waals surface area contributed by atoms with E-state index in [1.165, 1.54) is 0 Å². The fourth-order valence-electron chi connectivity index (χ4n) is 1.15. The van der Waals surface area contributed by atoms with Crippen LogP contribution in [0.25, 0.3) is 0 Å². The molecule has 2 nitrogen and oxygen atoms in total. The van der Waals surface area contributed by atoms with Crippen LogP contribution in [0.5, 0.6) is 0 Å². The molecule has 0 N–H and O–H groups in total. The highest BCUT2D eigenvalue weighted by molar-refractivity contribution is 6.61. The average Bonchev–Trinajstić information content (AvgIpc) is 2.19. The number of benzene rings is 1. The second kappa shape index (κ2) is 5.78. The summed E-state index contributed by atoms with van der Waals surface area (Å²) in [5.41, 5.74) is 1.08. The predicted octanol–water partition coefficient (Wildman–Crippen LogP) is 1.45. The molecule has 0 spiro atoms. The highest BCUT2D eigenvalue weighted by Gasteiger charge is 2.18. The van der Waals surface area contributed by atoms with Crippen LogP contribution in [0.4, 0.5) is 0 Å². The lowest BCUT2D eigenvalue weighted by Crippen LogP contribution is -2.36. The van der Waals surface area contributed by atoms with Gasteiger partial charge in [-0.05, 0) is 19.3 Å². The fraction of sp³-hybridized carbons (Fsp3) is 0.400. The Balaban J connectivity index is 2.64. The monoisotopic (exact) mass is 178 g/mol. The van der Waals surface area contributed by atoms with Gasteiger partial charge in [-0.3, -0.25) is 0 Å². The summed E-state index contributed by atoms with van der Waals surface area (Å²) in [6, 6.07) is 9.98. The van der Waals surface area contributed by atoms with Gasteiger partial charge < -0.3 is 9.31 Å². The first kappa shape index (κ1) is 10.3. The largest absolute Gasteiger partial charge is 0.493 e. The topological polar surface area (TPSA) is 18.5 Å². The molecule has 1 aromatic rings. The van der Waals surface area contributed by atoms with E-state index in [1.807, 2.05) is 44.2 Å². The molecule has 0 aromatic heterocycles. The van der Waals surface area contributed by atoms with Gasteiger partial charge in [0.2, 0.25) is 0 Å². The number of hydrogen-bond acceptors (Lipinski definition) is 2. The quantitative estimate of drug-likeness (QED) is 0.635. The van der Waals surface area contributed by atoms with Gasteiger partial charge in [0.25, 0.3) is 0 Å². The molecular formula is C10H15BO2. The molecule has 0 bridgehead atoms. The van der Waals surface area contributed by atoms with Gasteiger partial charge in [0.15, 0.2) is 0 Å². The number of hydrogen-bond donors (Lipinski definition) is 0. The summed E-state index contributed by atoms with van der Waals surface area (Å²) in [5.74, 6) is 0. The first-order valence-electron chi connectivity index (χ1n) is 4.66. The molecule has 1 aromatic carbocycles. The summed E-state index contributed by atoms with van der Waals surface area (Å²) in [4.78, 5) is 0. The van der Waals surface area contributed by atoms with E-state index in [-0.39, 0.29) is 7.12 Å². The Labute approximate surface area is 80.0 Å². The van der Waals surface area contributed by atoms with Crippen molar-refractivity contribution in [1.29, 1.82) is 0 Å². The normalized spacial score (nSPS) is 10.0. The third kappa shape index (κ3) is 3.21. The number of rotatable bonds is 5. The molecule has 13 heavy (non-hydrogen) atoms. The minimum atomic E-state index is -0.212. The van der Waals surface area contributed by atoms with E-state index in [9.17, 15) is 0 Å². The SMILES string of the molecule is CCOB(OCC)c1ccccc1. The van der Waals surface area contributed by atoms with E-state index in [0.29, 0.717) is 13.2 Å². The average molecular weight is 178 g/mol. The summed E-state index contributed by atoms with van der Waals surface area (Å²) in [6.45, 7) is 5.27. The molecule has 0 aliphatic heterocycles. The summed E-state index contributed by atoms with van der Waals surface area (Å²) in [5, 5.41) is 0. The Morgan fingerprint density at radius 3 is 2.00 bits per heavy atom. The minimum Gasteiger partial charge on any atom is -0.408 e. The van der Waals surface area contributed by atoms with Gasteiger partial charge in [-0.15, -0.1) is 0 Å². The minimum absolute atomic E-state index is 0.212. The Morgan fingerprint density at radius 1 is 1.00 bits per heavy atom. The van der Waals surface area contributed by atoms with Crippen LogP contribution in [-0.2, 0) is 9.31 Å². The van der Waals surface area contributed by atoms with Gasteiger partial charge in [0, 0.05) is 13.2 Å². The molecule has 0 radical (unpaired) electrons. The van der Waals surface area contributed by atoms with Crippen molar-refractivity contribution in [3.63, 3.8) is 0 Å². The first-order valence-corrected chi connectivity index (χ1v) is 4.66. The smallest absolute Gasteiger partial charge is 0.408 e. The van der Waals surface area contributed by atoms with Crippen molar-refractivity contribution in [1.82, 2.24) is 0 Å². The zero-order valence-electron chi connectivity index (χ0n) is 8.19. The molecule has 0 atom stereocenters. The summed E-state index contributed by atoms with van der Waals surface area (Å²) in [6.07, 6.45) is 0. The molecule has 0 unspecified atom stereocenters. The third-order valence-corrected chi connectivity index (χ3v) is 1.71. The second-order valence-electron chi connectivity index (χ2n) is 2.65. The van der Waals surface area contributed by atoms with E-state index in [2.05, 4.69) is 0 Å². The van der Waals surface area contributed by atoms with E-state index >= 15 is 0 Å². The highest BCUT2D eigenvalue weighted by atomic mass is 16.6. The van der Waals surface area contributed by atoms with Crippen LogP contribution in [-0.4, -0.2) is 20.3 Å². The van der Waals surface area contributed by atoms with Crippen molar-refractivity contribution in [3.8, 4) is 0 Å². The molecule has 0 aliphatic rings. The van der Waals surface area contributed by atoms with Crippen molar-refractivity contribution in [3.05, 3.63) is 30.3 Å². The van der Waals surface area contributed by atoms with Gasteiger partial charge in [0.05, 0.1) is 0 Å². The molecule has 0 saturated carbocycles. The fourth-order valence-corrected chi connectivity index (χ4v) is 1.15. The van der Waals surface area contributed by atoms with Crippen molar-refractivity contribution in [2.24, 2.45) is 0 Å². The molecule has 1 rings (SSSR count). The summed E-state index contributed by atoms with van der Waals surface area (Å²) >= 11 is 0. The zero-order chi connectivity index (χ0) is 9.52. The molecule has 70 valence electrons. The molecule has 0 aliphatic carbocycles. The van der Waals surface area contributed by atoms with Gasteiger partial charge >= 0.3 is 7.12 Å². The van der Waals surface area contributed by atoms with E-state index in [1.54, 1.807) is 0 Å². The third-order valence-electron chi connectivity index (χ3n) is 1.71. The Hall–Kier alpha value is -0.795. The van der Waals surface area contributed by atoms with Crippen molar-refractivity contribution < 1.29 is 9.31 Å².